The van der Waals surface area contributed by atoms with Gasteiger partial charge < -0.3 is 9.84 Å². The summed E-state index contributed by atoms with van der Waals surface area (Å²) in [5.41, 5.74) is 0.289. The van der Waals surface area contributed by atoms with E-state index in [9.17, 15) is 14.3 Å². The molecule has 0 radical (unpaired) electrons. The number of carbonyl (C=O) groups excluding carboxylic acids is 1. The number of benzene rings is 1. The second-order valence-corrected chi connectivity index (χ2v) is 3.98. The van der Waals surface area contributed by atoms with Crippen molar-refractivity contribution >= 4 is 29.5 Å². The fourth-order valence-corrected chi connectivity index (χ4v) is 1.38. The summed E-state index contributed by atoms with van der Waals surface area (Å²) in [6.07, 6.45) is 1.15. The second-order valence-electron chi connectivity index (χ2n) is 3.58. The molecule has 102 valence electrons. The molecule has 19 heavy (non-hydrogen) atoms. The molecular formula is C13H13ClFNO3. The van der Waals surface area contributed by atoms with Crippen molar-refractivity contribution in [1.82, 2.24) is 0 Å². The third-order valence-corrected chi connectivity index (χ3v) is 2.42. The van der Waals surface area contributed by atoms with Gasteiger partial charge in [0.25, 0.3) is 0 Å². The topological polar surface area (TPSA) is 58.9 Å². The molecule has 0 saturated carbocycles. The highest BCUT2D eigenvalue weighted by atomic mass is 35.5. The average molecular weight is 286 g/mol. The molecule has 4 nitrogen and oxygen atoms in total. The molecule has 0 fully saturated rings. The highest BCUT2D eigenvalue weighted by molar-refractivity contribution is 6.31. The van der Waals surface area contributed by atoms with Crippen molar-refractivity contribution < 1.29 is 19.0 Å². The molecule has 0 amide bonds. The van der Waals surface area contributed by atoms with Crippen LogP contribution in [0.2, 0.25) is 5.02 Å². The summed E-state index contributed by atoms with van der Waals surface area (Å²) in [5.74, 6) is -1.45. The average Bonchev–Trinajstić information content (AvgIpc) is 2.33. The summed E-state index contributed by atoms with van der Waals surface area (Å²) in [7, 11) is 0. The van der Waals surface area contributed by atoms with E-state index in [1.807, 2.05) is 0 Å². The molecule has 0 spiro atoms. The molecule has 0 bridgehead atoms. The largest absolute Gasteiger partial charge is 0.512 e. The Hall–Kier alpha value is -1.88. The molecule has 0 aliphatic carbocycles. The number of carbonyl (C=O) groups is 1. The quantitative estimate of drug-likeness (QED) is 0.398. The zero-order chi connectivity index (χ0) is 14.4. The summed E-state index contributed by atoms with van der Waals surface area (Å²) >= 11 is 5.60. The number of nitrogens with zero attached hydrogens (tertiary/aromatic N) is 1. The number of allylic oxidation sites excluding steroid dienone is 1. The molecular weight excluding hydrogens is 273 g/mol. The first-order valence-corrected chi connectivity index (χ1v) is 5.89. The van der Waals surface area contributed by atoms with E-state index in [4.69, 9.17) is 16.3 Å². The van der Waals surface area contributed by atoms with Gasteiger partial charge in [0.15, 0.2) is 0 Å². The maximum absolute atomic E-state index is 12.9. The molecule has 0 aliphatic rings. The molecule has 0 atom stereocenters. The van der Waals surface area contributed by atoms with Gasteiger partial charge in [0.05, 0.1) is 17.3 Å². The van der Waals surface area contributed by atoms with E-state index in [0.717, 1.165) is 12.3 Å². The lowest BCUT2D eigenvalue weighted by molar-refractivity contribution is -0.138. The second kappa shape index (κ2) is 6.89. The van der Waals surface area contributed by atoms with Gasteiger partial charge in [-0.2, -0.15) is 0 Å². The lowest BCUT2D eigenvalue weighted by atomic mass is 10.2. The van der Waals surface area contributed by atoms with Crippen LogP contribution in [0.4, 0.5) is 10.1 Å². The third kappa shape index (κ3) is 4.37. The number of rotatable bonds is 4. The van der Waals surface area contributed by atoms with E-state index in [-0.39, 0.29) is 23.0 Å². The van der Waals surface area contributed by atoms with Crippen molar-refractivity contribution in [3.63, 3.8) is 0 Å². The van der Waals surface area contributed by atoms with E-state index < -0.39 is 11.8 Å². The van der Waals surface area contributed by atoms with Gasteiger partial charge in [-0.15, -0.1) is 0 Å². The maximum Gasteiger partial charge on any atom is 0.343 e. The number of aliphatic hydroxyl groups is 1. The smallest absolute Gasteiger partial charge is 0.343 e. The van der Waals surface area contributed by atoms with Crippen LogP contribution in [0, 0.1) is 5.82 Å². The van der Waals surface area contributed by atoms with E-state index in [1.165, 1.54) is 19.1 Å². The minimum absolute atomic E-state index is 0.0673. The zero-order valence-corrected chi connectivity index (χ0v) is 11.2. The zero-order valence-electron chi connectivity index (χ0n) is 10.5. The molecule has 1 N–H and O–H groups in total. The van der Waals surface area contributed by atoms with Crippen molar-refractivity contribution in [3.05, 3.63) is 40.4 Å². The lowest BCUT2D eigenvalue weighted by Crippen LogP contribution is -2.10. The molecule has 0 unspecified atom stereocenters. The normalized spacial score (nSPS) is 12.4. The summed E-state index contributed by atoms with van der Waals surface area (Å²) in [6, 6.07) is 3.87. The third-order valence-electron chi connectivity index (χ3n) is 2.13. The number of hydrogen-bond acceptors (Lipinski definition) is 4. The number of ether oxygens (including phenoxy) is 1. The predicted octanol–water partition coefficient (Wildman–Crippen LogP) is 3.58. The fraction of sp³-hybridized carbons (Fsp3) is 0.231. The highest BCUT2D eigenvalue weighted by Crippen LogP contribution is 2.21. The molecule has 1 aromatic rings. The number of aliphatic hydroxyl groups excluding tert-OH is 1. The van der Waals surface area contributed by atoms with Gasteiger partial charge in [0.1, 0.15) is 17.1 Å². The Balaban J connectivity index is 2.97. The molecule has 6 heteroatoms. The Morgan fingerprint density at radius 1 is 1.58 bits per heavy atom. The Morgan fingerprint density at radius 2 is 2.26 bits per heavy atom. The van der Waals surface area contributed by atoms with Crippen LogP contribution in [0.1, 0.15) is 13.8 Å². The van der Waals surface area contributed by atoms with Crippen LogP contribution >= 0.6 is 11.6 Å². The van der Waals surface area contributed by atoms with Gasteiger partial charge in [-0.3, -0.25) is 4.99 Å². The highest BCUT2D eigenvalue weighted by Gasteiger charge is 2.11. The summed E-state index contributed by atoms with van der Waals surface area (Å²) in [4.78, 5) is 15.4. The summed E-state index contributed by atoms with van der Waals surface area (Å²) in [5, 5.41) is 9.32. The van der Waals surface area contributed by atoms with Crippen LogP contribution in [-0.4, -0.2) is 23.9 Å². The fourth-order valence-electron chi connectivity index (χ4n) is 1.21. The monoisotopic (exact) mass is 285 g/mol. The Morgan fingerprint density at radius 3 is 2.79 bits per heavy atom. The number of halogens is 2. The summed E-state index contributed by atoms with van der Waals surface area (Å²) < 4.78 is 17.7. The van der Waals surface area contributed by atoms with Crippen molar-refractivity contribution in [3.8, 4) is 0 Å². The predicted molar refractivity (Wildman–Crippen MR) is 71.5 cm³/mol. The minimum atomic E-state index is -0.681. The van der Waals surface area contributed by atoms with Crippen LogP contribution in [0.15, 0.2) is 34.5 Å². The standard InChI is InChI=1S/C13H13ClFNO3/c1-3-19-13(18)10(8(2)17)7-16-9-4-5-12(15)11(14)6-9/h4-7,17H,3H2,1-2H3. The van der Waals surface area contributed by atoms with Crippen LogP contribution in [-0.2, 0) is 9.53 Å². The van der Waals surface area contributed by atoms with Gasteiger partial charge in [0.2, 0.25) is 0 Å². The Labute approximate surface area is 115 Å². The first-order valence-electron chi connectivity index (χ1n) is 5.51. The van der Waals surface area contributed by atoms with E-state index >= 15 is 0 Å². The van der Waals surface area contributed by atoms with E-state index in [2.05, 4.69) is 4.99 Å². The van der Waals surface area contributed by atoms with Gasteiger partial charge in [-0.25, -0.2) is 9.18 Å². The minimum Gasteiger partial charge on any atom is -0.512 e. The van der Waals surface area contributed by atoms with Crippen LogP contribution in [0.3, 0.4) is 0 Å². The van der Waals surface area contributed by atoms with Gasteiger partial charge in [-0.05, 0) is 32.0 Å². The number of aliphatic imine (C=N–C) groups is 1. The maximum atomic E-state index is 12.9. The molecule has 0 aliphatic heterocycles. The molecule has 0 aromatic heterocycles. The Kier molecular flexibility index (Phi) is 5.51. The van der Waals surface area contributed by atoms with Crippen molar-refractivity contribution in [2.75, 3.05) is 6.61 Å². The number of hydrogen-bond donors (Lipinski definition) is 1. The van der Waals surface area contributed by atoms with Crippen molar-refractivity contribution in [2.24, 2.45) is 4.99 Å². The SMILES string of the molecule is CCOC(=O)C(C=Nc1ccc(F)c(Cl)c1)=C(C)O. The summed E-state index contributed by atoms with van der Waals surface area (Å²) in [6.45, 7) is 3.18. The van der Waals surface area contributed by atoms with Crippen molar-refractivity contribution in [2.45, 2.75) is 13.8 Å². The van der Waals surface area contributed by atoms with Crippen LogP contribution < -0.4 is 0 Å². The first kappa shape index (κ1) is 15.2. The molecule has 1 aromatic carbocycles. The Bertz CT molecular complexity index is 537. The molecule has 0 heterocycles. The van der Waals surface area contributed by atoms with Gasteiger partial charge >= 0.3 is 5.97 Å². The van der Waals surface area contributed by atoms with Crippen LogP contribution in [0.25, 0.3) is 0 Å². The molecule has 1 rings (SSSR count). The lowest BCUT2D eigenvalue weighted by Gasteiger charge is -2.03. The van der Waals surface area contributed by atoms with Gasteiger partial charge in [-0.1, -0.05) is 11.6 Å². The van der Waals surface area contributed by atoms with E-state index in [0.29, 0.717) is 5.69 Å². The first-order chi connectivity index (χ1) is 8.95. The molecule has 0 saturated heterocycles. The number of esters is 1. The van der Waals surface area contributed by atoms with E-state index in [1.54, 1.807) is 6.92 Å². The van der Waals surface area contributed by atoms with Crippen LogP contribution in [0.5, 0.6) is 0 Å². The van der Waals surface area contributed by atoms with Crippen molar-refractivity contribution in [1.29, 1.82) is 0 Å². The van der Waals surface area contributed by atoms with Gasteiger partial charge in [0, 0.05) is 6.21 Å².